The van der Waals surface area contributed by atoms with Crippen molar-refractivity contribution in [3.05, 3.63) is 0 Å². The van der Waals surface area contributed by atoms with Crippen molar-refractivity contribution in [2.45, 2.75) is 6.42 Å². The first-order valence-electron chi connectivity index (χ1n) is 2.10. The monoisotopic (exact) mass is 114 g/mol. The summed E-state index contributed by atoms with van der Waals surface area (Å²) in [5.41, 5.74) is 0. The van der Waals surface area contributed by atoms with Gasteiger partial charge < -0.3 is 9.31 Å². The van der Waals surface area contributed by atoms with Crippen LogP contribution in [0.1, 0.15) is 6.42 Å². The molecule has 42 valence electrons. The lowest BCUT2D eigenvalue weighted by molar-refractivity contribution is -0.150. The Morgan fingerprint density at radius 3 is 2.00 bits per heavy atom. The van der Waals surface area contributed by atoms with Gasteiger partial charge in [-0.3, -0.25) is 9.59 Å². The standard InChI is InChI=1S/C3H3BO4/c5-2-1-3(6)8-4-7-2/h4H,1H2. The van der Waals surface area contributed by atoms with Crippen LogP contribution in [0.25, 0.3) is 0 Å². The Bertz CT molecular complexity index is 117. The summed E-state index contributed by atoms with van der Waals surface area (Å²) >= 11 is 0. The predicted octanol–water partition coefficient (Wildman–Crippen LogP) is -1.26. The van der Waals surface area contributed by atoms with Crippen molar-refractivity contribution in [3.8, 4) is 0 Å². The van der Waals surface area contributed by atoms with Gasteiger partial charge in [-0.15, -0.1) is 0 Å². The molecule has 0 amide bonds. The van der Waals surface area contributed by atoms with Crippen molar-refractivity contribution in [1.82, 2.24) is 0 Å². The summed E-state index contributed by atoms with van der Waals surface area (Å²) < 4.78 is 8.53. The molecule has 8 heavy (non-hydrogen) atoms. The smallest absolute Gasteiger partial charge is 0.501 e. The van der Waals surface area contributed by atoms with E-state index in [1.54, 1.807) is 0 Å². The van der Waals surface area contributed by atoms with Crippen molar-refractivity contribution in [1.29, 1.82) is 0 Å². The average Bonchev–Trinajstić information content (AvgIpc) is 1.64. The zero-order valence-electron chi connectivity index (χ0n) is 4.05. The maximum atomic E-state index is 10.2. The van der Waals surface area contributed by atoms with Gasteiger partial charge in [0.1, 0.15) is 6.42 Å². The highest BCUT2D eigenvalue weighted by Gasteiger charge is 2.19. The molecule has 0 saturated carbocycles. The molecule has 0 aliphatic carbocycles. The zero-order valence-corrected chi connectivity index (χ0v) is 4.05. The van der Waals surface area contributed by atoms with Crippen molar-refractivity contribution in [2.75, 3.05) is 0 Å². The van der Waals surface area contributed by atoms with Gasteiger partial charge >= 0.3 is 19.6 Å². The van der Waals surface area contributed by atoms with Gasteiger partial charge in [0.2, 0.25) is 0 Å². The van der Waals surface area contributed by atoms with E-state index in [9.17, 15) is 9.59 Å². The summed E-state index contributed by atoms with van der Waals surface area (Å²) in [7, 11) is -0.225. The van der Waals surface area contributed by atoms with Crippen LogP contribution in [0.3, 0.4) is 0 Å². The van der Waals surface area contributed by atoms with E-state index in [2.05, 4.69) is 9.31 Å². The normalized spacial score (nSPS) is 18.5. The van der Waals surface area contributed by atoms with E-state index in [1.165, 1.54) is 0 Å². The van der Waals surface area contributed by atoms with Crippen molar-refractivity contribution < 1.29 is 18.9 Å². The largest absolute Gasteiger partial charge is 0.580 e. The Morgan fingerprint density at radius 2 is 1.75 bits per heavy atom. The Balaban J connectivity index is 2.45. The van der Waals surface area contributed by atoms with Crippen LogP contribution >= 0.6 is 0 Å². The quantitative estimate of drug-likeness (QED) is 0.291. The molecule has 1 rings (SSSR count). The van der Waals surface area contributed by atoms with Crippen LogP contribution in [0.2, 0.25) is 0 Å². The van der Waals surface area contributed by atoms with E-state index >= 15 is 0 Å². The van der Waals surface area contributed by atoms with Crippen molar-refractivity contribution in [3.63, 3.8) is 0 Å². The molecule has 5 heteroatoms. The highest BCUT2D eigenvalue weighted by Crippen LogP contribution is 1.95. The van der Waals surface area contributed by atoms with Crippen molar-refractivity contribution >= 4 is 19.6 Å². The molecule has 1 aliphatic rings. The third kappa shape index (κ3) is 0.990. The SMILES string of the molecule is O=C1CC(=O)OBO1. The first-order valence-corrected chi connectivity index (χ1v) is 2.10. The Labute approximate surface area is 46.1 Å². The van der Waals surface area contributed by atoms with Gasteiger partial charge in [0.15, 0.2) is 0 Å². The van der Waals surface area contributed by atoms with Gasteiger partial charge in [0, 0.05) is 0 Å². The van der Waals surface area contributed by atoms with Crippen LogP contribution in [-0.2, 0) is 18.9 Å². The first kappa shape index (κ1) is 5.15. The predicted molar refractivity (Wildman–Crippen MR) is 23.9 cm³/mol. The minimum Gasteiger partial charge on any atom is -0.501 e. The highest BCUT2D eigenvalue weighted by atomic mass is 16.6. The second-order valence-electron chi connectivity index (χ2n) is 1.33. The van der Waals surface area contributed by atoms with Crippen LogP contribution in [0, 0.1) is 0 Å². The van der Waals surface area contributed by atoms with Crippen LogP contribution in [0.5, 0.6) is 0 Å². The number of rotatable bonds is 0. The summed E-state index contributed by atoms with van der Waals surface area (Å²) in [6.07, 6.45) is -0.250. The average molecular weight is 114 g/mol. The lowest BCUT2D eigenvalue weighted by Gasteiger charge is -2.08. The minimum atomic E-state index is -0.513. The first-order chi connectivity index (χ1) is 3.79. The molecule has 1 fully saturated rings. The van der Waals surface area contributed by atoms with Crippen LogP contribution < -0.4 is 0 Å². The van der Waals surface area contributed by atoms with E-state index < -0.39 is 11.9 Å². The molecule has 0 aromatic carbocycles. The summed E-state index contributed by atoms with van der Waals surface area (Å²) in [6, 6.07) is 0. The summed E-state index contributed by atoms with van der Waals surface area (Å²) in [5, 5.41) is 0. The molecule has 1 heterocycles. The molecule has 1 aliphatic heterocycles. The lowest BCUT2D eigenvalue weighted by atomic mass is 10.3. The number of carbonyl (C=O) groups excluding carboxylic acids is 2. The van der Waals surface area contributed by atoms with Gasteiger partial charge in [-0.1, -0.05) is 0 Å². The molecule has 0 unspecified atom stereocenters. The molecule has 0 radical (unpaired) electrons. The second kappa shape index (κ2) is 1.86. The fourth-order valence-corrected chi connectivity index (χ4v) is 0.381. The Hall–Kier alpha value is -0.995. The van der Waals surface area contributed by atoms with Gasteiger partial charge in [0.05, 0.1) is 0 Å². The molecule has 1 saturated heterocycles. The van der Waals surface area contributed by atoms with E-state index in [0.717, 1.165) is 0 Å². The maximum Gasteiger partial charge on any atom is 0.580 e. The Morgan fingerprint density at radius 1 is 1.25 bits per heavy atom. The fraction of sp³-hybridized carbons (Fsp3) is 0.333. The molecular formula is C3H3BO4. The summed E-state index contributed by atoms with van der Waals surface area (Å²) in [6.45, 7) is 0. The Kier molecular flexibility index (Phi) is 1.19. The molecule has 0 aromatic heterocycles. The number of hydrogen-bond acceptors (Lipinski definition) is 4. The molecular weight excluding hydrogens is 111 g/mol. The van der Waals surface area contributed by atoms with Gasteiger partial charge in [-0.2, -0.15) is 0 Å². The van der Waals surface area contributed by atoms with Gasteiger partial charge in [0.25, 0.3) is 0 Å². The topological polar surface area (TPSA) is 52.6 Å². The number of carbonyl (C=O) groups is 2. The molecule has 0 bridgehead atoms. The number of hydrogen-bond donors (Lipinski definition) is 0. The summed E-state index contributed by atoms with van der Waals surface area (Å²) in [5.74, 6) is -1.03. The molecule has 0 spiro atoms. The third-order valence-corrected chi connectivity index (χ3v) is 0.729. The van der Waals surface area contributed by atoms with Gasteiger partial charge in [-0.05, 0) is 0 Å². The van der Waals surface area contributed by atoms with Crippen LogP contribution in [0.4, 0.5) is 0 Å². The van der Waals surface area contributed by atoms with Crippen molar-refractivity contribution in [2.24, 2.45) is 0 Å². The minimum absolute atomic E-state index is 0.225. The van der Waals surface area contributed by atoms with Gasteiger partial charge in [-0.25, -0.2) is 0 Å². The lowest BCUT2D eigenvalue weighted by Crippen LogP contribution is -2.25. The molecule has 0 aromatic rings. The third-order valence-electron chi connectivity index (χ3n) is 0.729. The zero-order chi connectivity index (χ0) is 5.98. The molecule has 4 nitrogen and oxygen atoms in total. The second-order valence-corrected chi connectivity index (χ2v) is 1.33. The molecule has 0 N–H and O–H groups in total. The highest BCUT2D eigenvalue weighted by molar-refractivity contribution is 6.29. The maximum absolute atomic E-state index is 10.2. The van der Waals surface area contributed by atoms with E-state index in [1.807, 2.05) is 0 Å². The van der Waals surface area contributed by atoms with E-state index in [4.69, 9.17) is 0 Å². The van der Waals surface area contributed by atoms with Crippen LogP contribution in [0.15, 0.2) is 0 Å². The fourth-order valence-electron chi connectivity index (χ4n) is 0.381. The summed E-state index contributed by atoms with van der Waals surface area (Å²) in [4.78, 5) is 20.3. The van der Waals surface area contributed by atoms with E-state index in [0.29, 0.717) is 0 Å². The van der Waals surface area contributed by atoms with E-state index in [-0.39, 0.29) is 14.1 Å². The van der Waals surface area contributed by atoms with Crippen LogP contribution in [-0.4, -0.2) is 19.6 Å². The molecule has 0 atom stereocenters.